The highest BCUT2D eigenvalue weighted by Crippen LogP contribution is 2.42. The highest BCUT2D eigenvalue weighted by molar-refractivity contribution is 5.98. The van der Waals surface area contributed by atoms with Crippen LogP contribution in [-0.2, 0) is 20.9 Å². The van der Waals surface area contributed by atoms with Crippen LogP contribution < -0.4 is 0 Å². The van der Waals surface area contributed by atoms with Crippen LogP contribution >= 0.6 is 0 Å². The predicted molar refractivity (Wildman–Crippen MR) is 101 cm³/mol. The maximum Gasteiger partial charge on any atom is 0.410 e. The third-order valence-electron chi connectivity index (χ3n) is 5.31. The molecule has 0 aliphatic carbocycles. The zero-order chi connectivity index (χ0) is 19.7. The van der Waals surface area contributed by atoms with E-state index in [9.17, 15) is 14.4 Å². The van der Waals surface area contributed by atoms with E-state index in [1.54, 1.807) is 4.90 Å². The van der Waals surface area contributed by atoms with Crippen molar-refractivity contribution in [3.63, 3.8) is 0 Å². The number of likely N-dealkylation sites (tertiary alicyclic amines) is 2. The van der Waals surface area contributed by atoms with Gasteiger partial charge in [-0.05, 0) is 44.6 Å². The molecule has 0 radical (unpaired) electrons. The molecule has 3 amide bonds. The van der Waals surface area contributed by atoms with Gasteiger partial charge in [-0.25, -0.2) is 4.79 Å². The Kier molecular flexibility index (Phi) is 5.27. The van der Waals surface area contributed by atoms with Crippen molar-refractivity contribution in [2.75, 3.05) is 13.1 Å². The highest BCUT2D eigenvalue weighted by atomic mass is 16.6. The highest BCUT2D eigenvalue weighted by Gasteiger charge is 2.46. The lowest BCUT2D eigenvalue weighted by Crippen LogP contribution is -2.52. The molecular formula is C21H28N2O4. The smallest absolute Gasteiger partial charge is 0.410 e. The molecule has 0 unspecified atom stereocenters. The lowest BCUT2D eigenvalue weighted by molar-refractivity contribution is -0.155. The largest absolute Gasteiger partial charge is 0.444 e. The number of piperidine rings is 2. The first kappa shape index (κ1) is 19.4. The van der Waals surface area contributed by atoms with Gasteiger partial charge in [0.25, 0.3) is 0 Å². The van der Waals surface area contributed by atoms with E-state index in [2.05, 4.69) is 0 Å². The zero-order valence-electron chi connectivity index (χ0n) is 16.4. The minimum Gasteiger partial charge on any atom is -0.444 e. The van der Waals surface area contributed by atoms with Crippen LogP contribution in [0.15, 0.2) is 30.3 Å². The summed E-state index contributed by atoms with van der Waals surface area (Å²) in [4.78, 5) is 40.7. The standard InChI is InChI=1S/C21H28N2O4/c1-20(2,3)27-19(26)22-11-9-21(10-12-22)13-17(24)23(18(25)14-21)15-16-7-5-4-6-8-16/h4-8H,9-15H2,1-3H3. The van der Waals surface area contributed by atoms with Crippen molar-refractivity contribution in [3.8, 4) is 0 Å². The second-order valence-electron chi connectivity index (χ2n) is 8.68. The molecule has 0 atom stereocenters. The SMILES string of the molecule is CC(C)(C)OC(=O)N1CCC2(CC1)CC(=O)N(Cc1ccccc1)C(=O)C2. The Morgan fingerprint density at radius 3 is 2.11 bits per heavy atom. The zero-order valence-corrected chi connectivity index (χ0v) is 16.4. The van der Waals surface area contributed by atoms with E-state index < -0.39 is 5.60 Å². The van der Waals surface area contributed by atoms with Gasteiger partial charge in [-0.3, -0.25) is 14.5 Å². The van der Waals surface area contributed by atoms with Crippen LogP contribution in [0.5, 0.6) is 0 Å². The fraction of sp³-hybridized carbons (Fsp3) is 0.571. The summed E-state index contributed by atoms with van der Waals surface area (Å²) in [6.45, 7) is 6.91. The minimum atomic E-state index is -0.527. The van der Waals surface area contributed by atoms with E-state index in [0.29, 0.717) is 45.3 Å². The first-order chi connectivity index (χ1) is 12.7. The summed E-state index contributed by atoms with van der Waals surface area (Å²) in [5.41, 5.74) is 0.107. The molecule has 2 fully saturated rings. The molecule has 0 N–H and O–H groups in total. The molecule has 27 heavy (non-hydrogen) atoms. The summed E-state index contributed by atoms with van der Waals surface area (Å²) in [5.74, 6) is -0.221. The van der Waals surface area contributed by atoms with Gasteiger partial charge in [-0.1, -0.05) is 30.3 Å². The number of imide groups is 1. The summed E-state index contributed by atoms with van der Waals surface area (Å²) in [6, 6.07) is 9.57. The normalized spacial score (nSPS) is 20.1. The number of rotatable bonds is 2. The average Bonchev–Trinajstić information content (AvgIpc) is 2.58. The average molecular weight is 372 g/mol. The molecule has 2 aliphatic heterocycles. The summed E-state index contributed by atoms with van der Waals surface area (Å²) in [5, 5.41) is 0. The number of hydrogen-bond acceptors (Lipinski definition) is 4. The Labute approximate surface area is 160 Å². The van der Waals surface area contributed by atoms with Crippen LogP contribution in [0.2, 0.25) is 0 Å². The first-order valence-corrected chi connectivity index (χ1v) is 9.53. The Morgan fingerprint density at radius 2 is 1.59 bits per heavy atom. The second kappa shape index (κ2) is 7.33. The molecule has 0 saturated carbocycles. The summed E-state index contributed by atoms with van der Waals surface area (Å²) >= 11 is 0. The van der Waals surface area contributed by atoms with Crippen molar-refractivity contribution < 1.29 is 19.1 Å². The molecule has 6 nitrogen and oxygen atoms in total. The number of amides is 3. The second-order valence-corrected chi connectivity index (χ2v) is 8.68. The molecule has 1 aromatic rings. The lowest BCUT2D eigenvalue weighted by atomic mass is 9.70. The predicted octanol–water partition coefficient (Wildman–Crippen LogP) is 3.35. The van der Waals surface area contributed by atoms with E-state index in [-0.39, 0.29) is 23.3 Å². The molecule has 2 saturated heterocycles. The number of carbonyl (C=O) groups excluding carboxylic acids is 3. The maximum atomic E-state index is 12.7. The summed E-state index contributed by atoms with van der Waals surface area (Å²) in [7, 11) is 0. The van der Waals surface area contributed by atoms with Crippen LogP contribution in [0.3, 0.4) is 0 Å². The minimum absolute atomic E-state index is 0.110. The van der Waals surface area contributed by atoms with Crippen LogP contribution in [0, 0.1) is 5.41 Å². The van der Waals surface area contributed by atoms with Crippen LogP contribution in [0.1, 0.15) is 52.0 Å². The molecular weight excluding hydrogens is 344 g/mol. The molecule has 1 aromatic carbocycles. The van der Waals surface area contributed by atoms with Gasteiger partial charge in [0.05, 0.1) is 6.54 Å². The Bertz CT molecular complexity index is 695. The molecule has 3 rings (SSSR count). The summed E-state index contributed by atoms with van der Waals surface area (Å²) in [6.07, 6.45) is 1.73. The van der Waals surface area contributed by atoms with Crippen molar-refractivity contribution in [2.45, 2.75) is 58.6 Å². The van der Waals surface area contributed by atoms with E-state index in [4.69, 9.17) is 4.74 Å². The van der Waals surface area contributed by atoms with Gasteiger partial charge in [0.1, 0.15) is 5.60 Å². The summed E-state index contributed by atoms with van der Waals surface area (Å²) < 4.78 is 5.42. The van der Waals surface area contributed by atoms with E-state index >= 15 is 0 Å². The Balaban J connectivity index is 1.60. The number of benzene rings is 1. The quantitative estimate of drug-likeness (QED) is 0.747. The van der Waals surface area contributed by atoms with E-state index in [1.165, 1.54) is 4.90 Å². The first-order valence-electron chi connectivity index (χ1n) is 9.53. The van der Waals surface area contributed by atoms with Crippen LogP contribution in [0.25, 0.3) is 0 Å². The molecule has 0 aromatic heterocycles. The third kappa shape index (κ3) is 4.67. The van der Waals surface area contributed by atoms with E-state index in [1.807, 2.05) is 51.1 Å². The van der Waals surface area contributed by atoms with Gasteiger partial charge < -0.3 is 9.64 Å². The van der Waals surface area contributed by atoms with Crippen molar-refractivity contribution in [1.82, 2.24) is 9.80 Å². The monoisotopic (exact) mass is 372 g/mol. The number of nitrogens with zero attached hydrogens (tertiary/aromatic N) is 2. The molecule has 146 valence electrons. The third-order valence-corrected chi connectivity index (χ3v) is 5.31. The van der Waals surface area contributed by atoms with Crippen molar-refractivity contribution >= 4 is 17.9 Å². The van der Waals surface area contributed by atoms with Crippen molar-refractivity contribution in [1.29, 1.82) is 0 Å². The Morgan fingerprint density at radius 1 is 1.04 bits per heavy atom. The Hall–Kier alpha value is -2.37. The molecule has 6 heteroatoms. The molecule has 2 aliphatic rings. The fourth-order valence-electron chi connectivity index (χ4n) is 3.82. The van der Waals surface area contributed by atoms with Crippen LogP contribution in [-0.4, -0.2) is 46.4 Å². The van der Waals surface area contributed by atoms with Gasteiger partial charge in [0, 0.05) is 25.9 Å². The van der Waals surface area contributed by atoms with Gasteiger partial charge >= 0.3 is 6.09 Å². The van der Waals surface area contributed by atoms with Crippen molar-refractivity contribution in [2.24, 2.45) is 5.41 Å². The van der Waals surface area contributed by atoms with Crippen molar-refractivity contribution in [3.05, 3.63) is 35.9 Å². The topological polar surface area (TPSA) is 66.9 Å². The van der Waals surface area contributed by atoms with Gasteiger partial charge in [-0.2, -0.15) is 0 Å². The number of carbonyl (C=O) groups is 3. The van der Waals surface area contributed by atoms with Gasteiger partial charge in [0.2, 0.25) is 11.8 Å². The number of hydrogen-bond donors (Lipinski definition) is 0. The van der Waals surface area contributed by atoms with Gasteiger partial charge in [0.15, 0.2) is 0 Å². The molecule has 2 heterocycles. The molecule has 0 bridgehead atoms. The van der Waals surface area contributed by atoms with Crippen LogP contribution in [0.4, 0.5) is 4.79 Å². The lowest BCUT2D eigenvalue weighted by Gasteiger charge is -2.45. The fourth-order valence-corrected chi connectivity index (χ4v) is 3.82. The van der Waals surface area contributed by atoms with E-state index in [0.717, 1.165) is 5.56 Å². The maximum absolute atomic E-state index is 12.7. The number of ether oxygens (including phenoxy) is 1. The van der Waals surface area contributed by atoms with Gasteiger partial charge in [-0.15, -0.1) is 0 Å². The molecule has 1 spiro atoms.